The van der Waals surface area contributed by atoms with Crippen LogP contribution in [0.1, 0.15) is 55.4 Å². The second-order valence-corrected chi connectivity index (χ2v) is 10.9. The van der Waals surface area contributed by atoms with Crippen molar-refractivity contribution >= 4 is 0 Å². The molecule has 0 aromatic heterocycles. The van der Waals surface area contributed by atoms with Gasteiger partial charge in [0, 0.05) is 25.2 Å². The molecule has 3 aromatic rings. The van der Waals surface area contributed by atoms with Gasteiger partial charge in [0.05, 0.1) is 6.61 Å². The Bertz CT molecular complexity index is 1200. The Morgan fingerprint density at radius 3 is 2.46 bits per heavy atom. The Balaban J connectivity index is 1.35. The van der Waals surface area contributed by atoms with Crippen molar-refractivity contribution in [3.8, 4) is 28.0 Å². The number of nitrogens with zero attached hydrogens (tertiary/aromatic N) is 1. The lowest BCUT2D eigenvalue weighted by Crippen LogP contribution is -2.55. The summed E-state index contributed by atoms with van der Waals surface area (Å²) in [5.74, 6) is 1.01. The minimum atomic E-state index is 0.367. The molecule has 1 fully saturated rings. The number of hydrogen-bond acceptors (Lipinski definition) is 3. The van der Waals surface area contributed by atoms with Crippen molar-refractivity contribution in [2.24, 2.45) is 0 Å². The van der Waals surface area contributed by atoms with Crippen LogP contribution in [-0.4, -0.2) is 36.7 Å². The molecule has 2 aliphatic heterocycles. The third-order valence-corrected chi connectivity index (χ3v) is 8.22. The van der Waals surface area contributed by atoms with Gasteiger partial charge in [-0.3, -0.25) is 4.90 Å². The minimum Gasteiger partial charge on any atom is -0.493 e. The molecule has 0 unspecified atom stereocenters. The van der Waals surface area contributed by atoms with Gasteiger partial charge in [-0.1, -0.05) is 42.5 Å². The highest BCUT2D eigenvalue weighted by atomic mass is 16.5. The van der Waals surface area contributed by atoms with Gasteiger partial charge in [-0.15, -0.1) is 0 Å². The Kier molecular flexibility index (Phi) is 7.00. The minimum absolute atomic E-state index is 0.367. The van der Waals surface area contributed by atoms with Crippen molar-refractivity contribution in [2.45, 2.75) is 65.5 Å². The first-order chi connectivity index (χ1) is 16.9. The zero-order valence-electron chi connectivity index (χ0n) is 21.9. The smallest absolute Gasteiger partial charge is 0.122 e. The molecule has 0 amide bonds. The number of ether oxygens (including phenoxy) is 1. The van der Waals surface area contributed by atoms with E-state index in [-0.39, 0.29) is 0 Å². The summed E-state index contributed by atoms with van der Waals surface area (Å²) in [6, 6.07) is 20.2. The number of benzene rings is 3. The summed E-state index contributed by atoms with van der Waals surface area (Å²) in [7, 11) is 0. The van der Waals surface area contributed by atoms with E-state index in [4.69, 9.17) is 4.74 Å². The summed E-state index contributed by atoms with van der Waals surface area (Å²) >= 11 is 0. The number of rotatable bonds is 7. The molecule has 35 heavy (non-hydrogen) atoms. The Hall–Kier alpha value is -2.62. The van der Waals surface area contributed by atoms with Crippen LogP contribution >= 0.6 is 0 Å². The lowest BCUT2D eigenvalue weighted by atomic mass is 9.89. The third kappa shape index (κ3) is 5.03. The Labute approximate surface area is 211 Å². The molecule has 184 valence electrons. The van der Waals surface area contributed by atoms with Gasteiger partial charge in [-0.25, -0.2) is 0 Å². The van der Waals surface area contributed by atoms with Crippen LogP contribution in [0.5, 0.6) is 5.75 Å². The van der Waals surface area contributed by atoms with Crippen LogP contribution in [0.25, 0.3) is 22.3 Å². The van der Waals surface area contributed by atoms with Crippen LogP contribution in [0.15, 0.2) is 54.6 Å². The van der Waals surface area contributed by atoms with Crippen LogP contribution < -0.4 is 10.1 Å². The second kappa shape index (κ2) is 10.2. The molecule has 0 atom stereocenters. The molecule has 3 nitrogen and oxygen atoms in total. The molecule has 3 aromatic carbocycles. The van der Waals surface area contributed by atoms with Crippen LogP contribution in [-0.2, 0) is 13.0 Å². The summed E-state index contributed by atoms with van der Waals surface area (Å²) in [6.45, 7) is 14.3. The van der Waals surface area contributed by atoms with Crippen molar-refractivity contribution in [2.75, 3.05) is 26.2 Å². The van der Waals surface area contributed by atoms with Gasteiger partial charge in [0.25, 0.3) is 0 Å². The molecule has 0 radical (unpaired) electrons. The predicted octanol–water partition coefficient (Wildman–Crippen LogP) is 6.93. The quantitative estimate of drug-likeness (QED) is 0.381. The van der Waals surface area contributed by atoms with Gasteiger partial charge < -0.3 is 10.1 Å². The van der Waals surface area contributed by atoms with Crippen LogP contribution in [0.2, 0.25) is 0 Å². The molecular weight excluding hydrogens is 428 g/mol. The molecule has 5 rings (SSSR count). The predicted molar refractivity (Wildman–Crippen MR) is 147 cm³/mol. The first-order valence-electron chi connectivity index (χ1n) is 13.3. The van der Waals surface area contributed by atoms with Gasteiger partial charge in [-0.2, -0.15) is 0 Å². The summed E-state index contributed by atoms with van der Waals surface area (Å²) in [5.41, 5.74) is 11.0. The Morgan fingerprint density at radius 1 is 0.914 bits per heavy atom. The van der Waals surface area contributed by atoms with E-state index in [1.54, 1.807) is 0 Å². The first-order valence-corrected chi connectivity index (χ1v) is 13.3. The van der Waals surface area contributed by atoms with Crippen LogP contribution in [0, 0.1) is 13.8 Å². The Morgan fingerprint density at radius 2 is 1.69 bits per heavy atom. The van der Waals surface area contributed by atoms with Crippen molar-refractivity contribution < 1.29 is 4.74 Å². The highest BCUT2D eigenvalue weighted by Crippen LogP contribution is 2.37. The fraction of sp³-hybridized carbons (Fsp3) is 0.438. The molecule has 1 N–H and O–H groups in total. The lowest BCUT2D eigenvalue weighted by Gasteiger charge is -2.48. The van der Waals surface area contributed by atoms with Gasteiger partial charge in [0.2, 0.25) is 0 Å². The fourth-order valence-corrected chi connectivity index (χ4v) is 5.70. The zero-order valence-corrected chi connectivity index (χ0v) is 21.9. The van der Waals surface area contributed by atoms with E-state index in [0.717, 1.165) is 38.4 Å². The van der Waals surface area contributed by atoms with Crippen LogP contribution in [0.4, 0.5) is 0 Å². The van der Waals surface area contributed by atoms with Crippen molar-refractivity contribution in [3.05, 3.63) is 76.9 Å². The highest BCUT2D eigenvalue weighted by Gasteiger charge is 2.34. The molecule has 0 spiro atoms. The molecule has 0 bridgehead atoms. The largest absolute Gasteiger partial charge is 0.493 e. The lowest BCUT2D eigenvalue weighted by molar-refractivity contribution is 0.0123. The van der Waals surface area contributed by atoms with Crippen molar-refractivity contribution in [1.82, 2.24) is 10.2 Å². The van der Waals surface area contributed by atoms with E-state index < -0.39 is 0 Å². The monoisotopic (exact) mass is 468 g/mol. The maximum Gasteiger partial charge on any atom is 0.122 e. The van der Waals surface area contributed by atoms with Gasteiger partial charge >= 0.3 is 0 Å². The first kappa shape index (κ1) is 24.1. The molecule has 0 saturated carbocycles. The molecule has 0 aliphatic carbocycles. The van der Waals surface area contributed by atoms with E-state index in [1.165, 1.54) is 70.3 Å². The van der Waals surface area contributed by atoms with E-state index in [2.05, 4.69) is 92.5 Å². The van der Waals surface area contributed by atoms with Crippen LogP contribution in [0.3, 0.4) is 0 Å². The summed E-state index contributed by atoms with van der Waals surface area (Å²) in [6.07, 6.45) is 4.75. The summed E-state index contributed by atoms with van der Waals surface area (Å²) in [4.78, 5) is 2.56. The number of aryl methyl sites for hydroxylation is 1. The topological polar surface area (TPSA) is 24.5 Å². The van der Waals surface area contributed by atoms with E-state index in [0.29, 0.717) is 5.54 Å². The summed E-state index contributed by atoms with van der Waals surface area (Å²) in [5, 5.41) is 3.57. The van der Waals surface area contributed by atoms with E-state index >= 15 is 0 Å². The molecule has 2 heterocycles. The number of nitrogens with one attached hydrogen (secondary N) is 1. The van der Waals surface area contributed by atoms with E-state index in [1.807, 2.05) is 0 Å². The second-order valence-electron chi connectivity index (χ2n) is 10.9. The van der Waals surface area contributed by atoms with Crippen molar-refractivity contribution in [3.63, 3.8) is 0 Å². The SMILES string of the molecule is Cc1c(OCCCN2CCC2(C)C)cccc1-c1cccc(-c2ccc3c(c2)CNCCC3)c1C. The maximum atomic E-state index is 6.28. The number of hydrogen-bond donors (Lipinski definition) is 1. The normalized spacial score (nSPS) is 17.4. The molecule has 2 aliphatic rings. The highest BCUT2D eigenvalue weighted by molar-refractivity contribution is 5.80. The zero-order chi connectivity index (χ0) is 24.4. The van der Waals surface area contributed by atoms with Crippen molar-refractivity contribution in [1.29, 1.82) is 0 Å². The maximum absolute atomic E-state index is 6.28. The number of likely N-dealkylation sites (tertiary alicyclic amines) is 1. The average Bonchev–Trinajstić information content (AvgIpc) is 3.09. The average molecular weight is 469 g/mol. The van der Waals surface area contributed by atoms with Gasteiger partial charge in [-0.05, 0) is 117 Å². The van der Waals surface area contributed by atoms with Gasteiger partial charge in [0.15, 0.2) is 0 Å². The standard InChI is InChI=1S/C32H40N2O/c1-23-28(26-15-14-25-9-7-17-33-22-27(25)21-26)10-5-11-29(23)30-12-6-13-31(24(30)2)35-20-8-18-34-19-16-32(34,3)4/h5-6,10-15,21,33H,7-9,16-20,22H2,1-4H3. The van der Waals surface area contributed by atoms with Gasteiger partial charge in [0.1, 0.15) is 5.75 Å². The number of fused-ring (bicyclic) bond motifs is 1. The summed E-state index contributed by atoms with van der Waals surface area (Å²) < 4.78 is 6.28. The molecule has 1 saturated heterocycles. The third-order valence-electron chi connectivity index (χ3n) is 8.22. The van der Waals surface area contributed by atoms with E-state index in [9.17, 15) is 0 Å². The molecule has 3 heteroatoms. The molecular formula is C32H40N2O. The fourth-order valence-electron chi connectivity index (χ4n) is 5.70.